The third-order valence-electron chi connectivity index (χ3n) is 4.58. The summed E-state index contributed by atoms with van der Waals surface area (Å²) in [4.78, 5) is 4.24. The molecule has 1 aliphatic rings. The fraction of sp³-hybridized carbons (Fsp3) is 0.667. The van der Waals surface area contributed by atoms with E-state index in [0.717, 1.165) is 76.9 Å². The van der Waals surface area contributed by atoms with E-state index < -0.39 is 0 Å². The Labute approximate surface area is 186 Å². The quantitative estimate of drug-likeness (QED) is 0.209. The van der Waals surface area contributed by atoms with Crippen molar-refractivity contribution in [2.45, 2.75) is 32.6 Å². The predicted octanol–water partition coefficient (Wildman–Crippen LogP) is 3.38. The minimum Gasteiger partial charge on any atom is -0.494 e. The van der Waals surface area contributed by atoms with Crippen LogP contribution in [0.4, 0.5) is 0 Å². The van der Waals surface area contributed by atoms with Crippen LogP contribution in [0.15, 0.2) is 29.3 Å². The summed E-state index contributed by atoms with van der Waals surface area (Å²) in [6, 6.07) is 8.14. The van der Waals surface area contributed by atoms with Crippen LogP contribution >= 0.6 is 24.0 Å². The normalized spacial score (nSPS) is 15.0. The molecule has 2 rings (SSSR count). The molecule has 1 aromatic rings. The van der Waals surface area contributed by atoms with Crippen LogP contribution in [0, 0.1) is 12.8 Å². The molecule has 1 aromatic carbocycles. The number of halogens is 1. The van der Waals surface area contributed by atoms with Crippen molar-refractivity contribution >= 4 is 29.9 Å². The van der Waals surface area contributed by atoms with Crippen LogP contribution in [-0.2, 0) is 9.47 Å². The van der Waals surface area contributed by atoms with Crippen molar-refractivity contribution in [3.63, 3.8) is 0 Å². The molecule has 0 amide bonds. The Morgan fingerprint density at radius 3 is 2.36 bits per heavy atom. The lowest BCUT2D eigenvalue weighted by molar-refractivity contribution is 0.0203. The van der Waals surface area contributed by atoms with Gasteiger partial charge < -0.3 is 24.8 Å². The van der Waals surface area contributed by atoms with Crippen molar-refractivity contribution in [2.24, 2.45) is 10.9 Å². The van der Waals surface area contributed by atoms with Gasteiger partial charge in [-0.05, 0) is 50.7 Å². The van der Waals surface area contributed by atoms with E-state index in [4.69, 9.17) is 14.2 Å². The van der Waals surface area contributed by atoms with Crippen molar-refractivity contribution in [2.75, 3.05) is 53.2 Å². The second-order valence-corrected chi connectivity index (χ2v) is 6.93. The summed E-state index contributed by atoms with van der Waals surface area (Å²) in [6.45, 7) is 7.85. The van der Waals surface area contributed by atoms with Gasteiger partial charge in [0.1, 0.15) is 5.75 Å². The number of nitrogens with zero attached hydrogens (tertiary/aromatic N) is 1. The van der Waals surface area contributed by atoms with Gasteiger partial charge in [0.25, 0.3) is 0 Å². The average Bonchev–Trinajstić information content (AvgIpc) is 2.71. The van der Waals surface area contributed by atoms with Crippen LogP contribution in [0.25, 0.3) is 0 Å². The zero-order chi connectivity index (χ0) is 19.2. The number of hydrogen-bond donors (Lipinski definition) is 2. The van der Waals surface area contributed by atoms with E-state index >= 15 is 0 Å². The zero-order valence-electron chi connectivity index (χ0n) is 17.2. The number of rotatable bonds is 11. The molecule has 0 spiro atoms. The van der Waals surface area contributed by atoms with E-state index in [0.29, 0.717) is 12.5 Å². The lowest BCUT2D eigenvalue weighted by Crippen LogP contribution is -2.38. The van der Waals surface area contributed by atoms with Gasteiger partial charge in [-0.1, -0.05) is 17.7 Å². The van der Waals surface area contributed by atoms with Crippen molar-refractivity contribution in [3.8, 4) is 5.75 Å². The Balaban J connectivity index is 0.00000392. The summed E-state index contributed by atoms with van der Waals surface area (Å²) >= 11 is 0. The third kappa shape index (κ3) is 11.1. The highest BCUT2D eigenvalue weighted by Crippen LogP contribution is 2.14. The number of benzene rings is 1. The van der Waals surface area contributed by atoms with Crippen LogP contribution in [-0.4, -0.2) is 59.1 Å². The predicted molar refractivity (Wildman–Crippen MR) is 125 cm³/mol. The van der Waals surface area contributed by atoms with Gasteiger partial charge in [0.15, 0.2) is 5.96 Å². The van der Waals surface area contributed by atoms with Crippen LogP contribution in [0.2, 0.25) is 0 Å². The summed E-state index contributed by atoms with van der Waals surface area (Å²) in [6.07, 6.45) is 4.15. The lowest BCUT2D eigenvalue weighted by Gasteiger charge is -2.21. The number of ether oxygens (including phenoxy) is 3. The van der Waals surface area contributed by atoms with Gasteiger partial charge in [-0.2, -0.15) is 0 Å². The van der Waals surface area contributed by atoms with Crippen LogP contribution in [0.3, 0.4) is 0 Å². The van der Waals surface area contributed by atoms with Crippen LogP contribution in [0.5, 0.6) is 5.75 Å². The fourth-order valence-electron chi connectivity index (χ4n) is 2.87. The molecular formula is C21H36IN3O3. The largest absolute Gasteiger partial charge is 0.494 e. The molecule has 1 aliphatic heterocycles. The van der Waals surface area contributed by atoms with Gasteiger partial charge in [-0.25, -0.2) is 0 Å². The second-order valence-electron chi connectivity index (χ2n) is 6.93. The number of hydrogen-bond acceptors (Lipinski definition) is 4. The summed E-state index contributed by atoms with van der Waals surface area (Å²) in [5, 5.41) is 6.63. The minimum absolute atomic E-state index is 0. The summed E-state index contributed by atoms with van der Waals surface area (Å²) < 4.78 is 16.9. The maximum atomic E-state index is 5.78. The van der Waals surface area contributed by atoms with Gasteiger partial charge in [0.2, 0.25) is 0 Å². The van der Waals surface area contributed by atoms with Gasteiger partial charge in [0, 0.05) is 46.6 Å². The maximum Gasteiger partial charge on any atom is 0.190 e. The first-order valence-corrected chi connectivity index (χ1v) is 10.1. The van der Waals surface area contributed by atoms with Crippen molar-refractivity contribution < 1.29 is 14.2 Å². The molecule has 1 fully saturated rings. The molecule has 0 unspecified atom stereocenters. The first-order valence-electron chi connectivity index (χ1n) is 10.1. The lowest BCUT2D eigenvalue weighted by atomic mass is 10.0. The molecule has 0 saturated carbocycles. The van der Waals surface area contributed by atoms with E-state index in [1.807, 2.05) is 12.1 Å². The highest BCUT2D eigenvalue weighted by molar-refractivity contribution is 14.0. The highest BCUT2D eigenvalue weighted by atomic mass is 127. The van der Waals surface area contributed by atoms with Gasteiger partial charge >= 0.3 is 0 Å². The van der Waals surface area contributed by atoms with E-state index in [2.05, 4.69) is 34.7 Å². The highest BCUT2D eigenvalue weighted by Gasteiger charge is 2.13. The Bertz CT molecular complexity index is 534. The molecule has 7 heteroatoms. The molecule has 6 nitrogen and oxygen atoms in total. The summed E-state index contributed by atoms with van der Waals surface area (Å²) in [5.41, 5.74) is 1.24. The fourth-order valence-corrected chi connectivity index (χ4v) is 2.87. The second kappa shape index (κ2) is 15.8. The molecule has 0 atom stereocenters. The molecule has 0 bridgehead atoms. The van der Waals surface area contributed by atoms with Gasteiger partial charge in [0.05, 0.1) is 6.61 Å². The Morgan fingerprint density at radius 2 is 1.71 bits per heavy atom. The van der Waals surface area contributed by atoms with Gasteiger partial charge in [-0.15, -0.1) is 24.0 Å². The smallest absolute Gasteiger partial charge is 0.190 e. The summed E-state index contributed by atoms with van der Waals surface area (Å²) in [5.74, 6) is 2.42. The number of nitrogens with one attached hydrogen (secondary N) is 2. The SMILES string of the molecule is CN=C(NCCCOCC1CCOCC1)NCCCOc1ccc(C)cc1.I. The van der Waals surface area contributed by atoms with Crippen molar-refractivity contribution in [1.82, 2.24) is 10.6 Å². The minimum atomic E-state index is 0. The zero-order valence-corrected chi connectivity index (χ0v) is 19.6. The molecule has 0 aromatic heterocycles. The number of guanidine groups is 1. The first-order chi connectivity index (χ1) is 13.3. The Morgan fingerprint density at radius 1 is 1.07 bits per heavy atom. The molecule has 160 valence electrons. The van der Waals surface area contributed by atoms with E-state index in [-0.39, 0.29) is 24.0 Å². The average molecular weight is 505 g/mol. The third-order valence-corrected chi connectivity index (χ3v) is 4.58. The van der Waals surface area contributed by atoms with Crippen molar-refractivity contribution in [1.29, 1.82) is 0 Å². The van der Waals surface area contributed by atoms with Crippen LogP contribution < -0.4 is 15.4 Å². The molecule has 0 aliphatic carbocycles. The van der Waals surface area contributed by atoms with Crippen LogP contribution in [0.1, 0.15) is 31.2 Å². The first kappa shape index (κ1) is 25.0. The van der Waals surface area contributed by atoms with E-state index in [9.17, 15) is 0 Å². The number of aliphatic imine (C=N–C) groups is 1. The topological polar surface area (TPSA) is 64.1 Å². The van der Waals surface area contributed by atoms with Gasteiger partial charge in [-0.3, -0.25) is 4.99 Å². The van der Waals surface area contributed by atoms with Crippen molar-refractivity contribution in [3.05, 3.63) is 29.8 Å². The van der Waals surface area contributed by atoms with E-state index in [1.54, 1.807) is 7.05 Å². The Kier molecular flexibility index (Phi) is 14.1. The molecule has 1 heterocycles. The molecule has 28 heavy (non-hydrogen) atoms. The van der Waals surface area contributed by atoms with E-state index in [1.165, 1.54) is 5.56 Å². The summed E-state index contributed by atoms with van der Waals surface area (Å²) in [7, 11) is 1.79. The monoisotopic (exact) mass is 505 g/mol. The number of aryl methyl sites for hydroxylation is 1. The molecule has 0 radical (unpaired) electrons. The standard InChI is InChI=1S/C21H35N3O3.HI/c1-18-5-7-20(8-6-18)27-14-4-12-24-21(22-2)23-11-3-13-26-17-19-9-15-25-16-10-19;/h5-8,19H,3-4,9-17H2,1-2H3,(H2,22,23,24);1H. The Hall–Kier alpha value is -1.06. The maximum absolute atomic E-state index is 5.78. The molecule has 2 N–H and O–H groups in total. The molecular weight excluding hydrogens is 469 g/mol. The molecule has 1 saturated heterocycles.